The molecule has 0 aliphatic carbocycles. The molecule has 1 N–H and O–H groups in total. The van der Waals surface area contributed by atoms with Gasteiger partial charge in [0.15, 0.2) is 0 Å². The van der Waals surface area contributed by atoms with Crippen molar-refractivity contribution in [3.8, 4) is 5.75 Å². The Morgan fingerprint density at radius 2 is 1.81 bits per heavy atom. The largest absolute Gasteiger partial charge is 0.495 e. The summed E-state index contributed by atoms with van der Waals surface area (Å²) in [5.41, 5.74) is -1.25. The second-order valence-corrected chi connectivity index (χ2v) is 9.35. The Morgan fingerprint density at radius 3 is 2.42 bits per heavy atom. The number of hydrogen-bond acceptors (Lipinski definition) is 4. The van der Waals surface area contributed by atoms with E-state index in [1.165, 1.54) is 47.8 Å². The Balaban J connectivity index is 1.70. The first-order chi connectivity index (χ1) is 14.5. The normalized spacial score (nSPS) is 16.2. The zero-order chi connectivity index (χ0) is 22.8. The third-order valence-corrected chi connectivity index (χ3v) is 7.21. The summed E-state index contributed by atoms with van der Waals surface area (Å²) in [4.78, 5) is 12.5. The summed E-state index contributed by atoms with van der Waals surface area (Å²) in [6, 6.07) is 8.98. The van der Waals surface area contributed by atoms with Crippen LogP contribution >= 0.6 is 11.6 Å². The molecule has 0 radical (unpaired) electrons. The number of carbonyl (C=O) groups excluding carboxylic acids is 1. The van der Waals surface area contributed by atoms with Gasteiger partial charge in [-0.15, -0.1) is 0 Å². The molecule has 2 aromatic carbocycles. The summed E-state index contributed by atoms with van der Waals surface area (Å²) >= 11 is 5.93. The standard InChI is InChI=1S/C20H20ClF3N2O4S/c1-30-17-7-6-14(21)12-18(17)31(28,29)26-10-8-13(9-11-26)19(27)25-16-5-3-2-4-15(16)20(22,23)24/h2-7,12-13H,8-11H2,1H3,(H,25,27). The Kier molecular flexibility index (Phi) is 6.82. The number of benzene rings is 2. The number of hydrogen-bond donors (Lipinski definition) is 1. The number of nitrogens with zero attached hydrogens (tertiary/aromatic N) is 1. The maximum atomic E-state index is 13.1. The predicted molar refractivity (Wildman–Crippen MR) is 110 cm³/mol. The molecule has 0 bridgehead atoms. The third kappa shape index (κ3) is 5.13. The van der Waals surface area contributed by atoms with Crippen molar-refractivity contribution in [2.45, 2.75) is 23.9 Å². The fraction of sp³-hybridized carbons (Fsp3) is 0.350. The SMILES string of the molecule is COc1ccc(Cl)cc1S(=O)(=O)N1CCC(C(=O)Nc2ccccc2C(F)(F)F)CC1. The van der Waals surface area contributed by atoms with Crippen LogP contribution in [-0.2, 0) is 21.0 Å². The van der Waals surface area contributed by atoms with Crippen LogP contribution in [0.4, 0.5) is 18.9 Å². The molecule has 3 rings (SSSR count). The summed E-state index contributed by atoms with van der Waals surface area (Å²) in [6.45, 7) is 0.0774. The highest BCUT2D eigenvalue weighted by molar-refractivity contribution is 7.89. The van der Waals surface area contributed by atoms with E-state index >= 15 is 0 Å². The van der Waals surface area contributed by atoms with Gasteiger partial charge >= 0.3 is 6.18 Å². The first kappa shape index (κ1) is 23.4. The quantitative estimate of drug-likeness (QED) is 0.693. The zero-order valence-corrected chi connectivity index (χ0v) is 18.0. The number of rotatable bonds is 5. The van der Waals surface area contributed by atoms with Gasteiger partial charge in [0, 0.05) is 24.0 Å². The molecule has 11 heteroatoms. The number of carbonyl (C=O) groups is 1. The van der Waals surface area contributed by atoms with E-state index in [0.717, 1.165) is 6.07 Å². The molecule has 168 valence electrons. The van der Waals surface area contributed by atoms with Gasteiger partial charge in [-0.1, -0.05) is 23.7 Å². The second-order valence-electron chi connectivity index (χ2n) is 7.01. The van der Waals surface area contributed by atoms with E-state index in [2.05, 4.69) is 5.32 Å². The average molecular weight is 477 g/mol. The number of alkyl halides is 3. The van der Waals surface area contributed by atoms with Gasteiger partial charge in [-0.2, -0.15) is 17.5 Å². The first-order valence-corrected chi connectivity index (χ1v) is 11.2. The number of halogens is 4. The smallest absolute Gasteiger partial charge is 0.418 e. The van der Waals surface area contributed by atoms with Crippen molar-refractivity contribution >= 4 is 33.2 Å². The summed E-state index contributed by atoms with van der Waals surface area (Å²) in [6.07, 6.45) is -4.26. The Hall–Kier alpha value is -2.30. The van der Waals surface area contributed by atoms with E-state index in [9.17, 15) is 26.4 Å². The molecule has 1 fully saturated rings. The minimum Gasteiger partial charge on any atom is -0.495 e. The van der Waals surface area contributed by atoms with E-state index < -0.39 is 33.6 Å². The second kappa shape index (κ2) is 9.05. The van der Waals surface area contributed by atoms with Crippen molar-refractivity contribution in [1.82, 2.24) is 4.31 Å². The fourth-order valence-corrected chi connectivity index (χ4v) is 5.31. The van der Waals surface area contributed by atoms with Crippen molar-refractivity contribution in [2.24, 2.45) is 5.92 Å². The van der Waals surface area contributed by atoms with E-state index in [4.69, 9.17) is 16.3 Å². The molecule has 1 aliphatic heterocycles. The van der Waals surface area contributed by atoms with E-state index in [-0.39, 0.29) is 47.3 Å². The molecule has 1 aliphatic rings. The summed E-state index contributed by atoms with van der Waals surface area (Å²) in [7, 11) is -2.57. The Labute approximate surface area is 183 Å². The molecule has 2 aromatic rings. The maximum absolute atomic E-state index is 13.1. The number of nitrogens with one attached hydrogen (secondary N) is 1. The lowest BCUT2D eigenvalue weighted by Gasteiger charge is -2.31. The van der Waals surface area contributed by atoms with Gasteiger partial charge in [-0.05, 0) is 43.2 Å². The van der Waals surface area contributed by atoms with Gasteiger partial charge in [-0.3, -0.25) is 4.79 Å². The van der Waals surface area contributed by atoms with Crippen LogP contribution in [0.5, 0.6) is 5.75 Å². The van der Waals surface area contributed by atoms with Crippen LogP contribution in [0, 0.1) is 5.92 Å². The van der Waals surface area contributed by atoms with Gasteiger partial charge in [0.2, 0.25) is 15.9 Å². The molecule has 1 heterocycles. The zero-order valence-electron chi connectivity index (χ0n) is 16.4. The summed E-state index contributed by atoms with van der Waals surface area (Å²) in [5, 5.41) is 2.57. The van der Waals surface area contributed by atoms with Crippen LogP contribution in [0.1, 0.15) is 18.4 Å². The topological polar surface area (TPSA) is 75.7 Å². The minimum atomic E-state index is -4.60. The maximum Gasteiger partial charge on any atom is 0.418 e. The van der Waals surface area contributed by atoms with E-state index in [0.29, 0.717) is 0 Å². The lowest BCUT2D eigenvalue weighted by atomic mass is 9.97. The van der Waals surface area contributed by atoms with Crippen molar-refractivity contribution < 1.29 is 31.1 Å². The predicted octanol–water partition coefficient (Wildman–Crippen LogP) is 4.41. The lowest BCUT2D eigenvalue weighted by molar-refractivity contribution is -0.137. The average Bonchev–Trinajstić information content (AvgIpc) is 2.73. The minimum absolute atomic E-state index is 0.0387. The van der Waals surface area contributed by atoms with Crippen LogP contribution in [0.25, 0.3) is 0 Å². The fourth-order valence-electron chi connectivity index (χ4n) is 3.42. The van der Waals surface area contributed by atoms with Crippen LogP contribution in [0.2, 0.25) is 5.02 Å². The number of piperidine rings is 1. The highest BCUT2D eigenvalue weighted by Gasteiger charge is 2.36. The van der Waals surface area contributed by atoms with Gasteiger partial charge in [0.1, 0.15) is 10.6 Å². The molecular formula is C20H20ClF3N2O4S. The van der Waals surface area contributed by atoms with Crippen LogP contribution < -0.4 is 10.1 Å². The molecular weight excluding hydrogens is 457 g/mol. The monoisotopic (exact) mass is 476 g/mol. The molecule has 6 nitrogen and oxygen atoms in total. The van der Waals surface area contributed by atoms with Gasteiger partial charge in [-0.25, -0.2) is 8.42 Å². The highest BCUT2D eigenvalue weighted by atomic mass is 35.5. The molecule has 0 aromatic heterocycles. The number of para-hydroxylation sites is 1. The third-order valence-electron chi connectivity index (χ3n) is 5.06. The van der Waals surface area contributed by atoms with Crippen molar-refractivity contribution in [2.75, 3.05) is 25.5 Å². The number of sulfonamides is 1. The molecule has 0 saturated carbocycles. The van der Waals surface area contributed by atoms with Crippen LogP contribution in [0.15, 0.2) is 47.4 Å². The summed E-state index contributed by atoms with van der Waals surface area (Å²) in [5.74, 6) is -1.05. The molecule has 0 unspecified atom stereocenters. The molecule has 1 amide bonds. The van der Waals surface area contributed by atoms with Gasteiger partial charge in [0.05, 0.1) is 18.4 Å². The van der Waals surface area contributed by atoms with Crippen molar-refractivity contribution in [3.05, 3.63) is 53.1 Å². The summed E-state index contributed by atoms with van der Waals surface area (Å²) < 4.78 is 71.7. The Morgan fingerprint density at radius 1 is 1.16 bits per heavy atom. The number of methoxy groups -OCH3 is 1. The molecule has 0 spiro atoms. The molecule has 0 atom stereocenters. The van der Waals surface area contributed by atoms with E-state index in [1.54, 1.807) is 0 Å². The highest BCUT2D eigenvalue weighted by Crippen LogP contribution is 2.36. The van der Waals surface area contributed by atoms with Gasteiger partial charge < -0.3 is 10.1 Å². The number of amides is 1. The Bertz CT molecular complexity index is 1070. The van der Waals surface area contributed by atoms with Gasteiger partial charge in [0.25, 0.3) is 0 Å². The van der Waals surface area contributed by atoms with Crippen molar-refractivity contribution in [1.29, 1.82) is 0 Å². The van der Waals surface area contributed by atoms with E-state index in [1.807, 2.05) is 0 Å². The number of ether oxygens (including phenoxy) is 1. The van der Waals surface area contributed by atoms with Crippen LogP contribution in [0.3, 0.4) is 0 Å². The lowest BCUT2D eigenvalue weighted by Crippen LogP contribution is -2.41. The van der Waals surface area contributed by atoms with Crippen LogP contribution in [-0.4, -0.2) is 38.8 Å². The molecule has 1 saturated heterocycles. The molecule has 31 heavy (non-hydrogen) atoms. The van der Waals surface area contributed by atoms with Crippen molar-refractivity contribution in [3.63, 3.8) is 0 Å². The first-order valence-electron chi connectivity index (χ1n) is 9.35. The number of anilines is 1.